The van der Waals surface area contributed by atoms with E-state index in [1.54, 1.807) is 18.3 Å². The number of hydrogen-bond donors (Lipinski definition) is 1. The third kappa shape index (κ3) is 6.44. The van der Waals surface area contributed by atoms with E-state index in [1.807, 2.05) is 69.3 Å². The Balaban J connectivity index is 1.30. The summed E-state index contributed by atoms with van der Waals surface area (Å²) in [7, 11) is 0. The summed E-state index contributed by atoms with van der Waals surface area (Å²) in [6.45, 7) is 10.3. The van der Waals surface area contributed by atoms with Crippen LogP contribution in [0.25, 0.3) is 5.69 Å². The molecule has 2 aromatic carbocycles. The second-order valence-corrected chi connectivity index (χ2v) is 9.49. The van der Waals surface area contributed by atoms with Gasteiger partial charge >= 0.3 is 5.91 Å². The Labute approximate surface area is 211 Å². The fraction of sp³-hybridized carbons (Fsp3) is 0.241. The minimum absolute atomic E-state index is 0.157. The number of carbonyl (C=O) groups excluding carboxylic acids is 1. The van der Waals surface area contributed by atoms with E-state index >= 15 is 0 Å². The highest BCUT2D eigenvalue weighted by Crippen LogP contribution is 2.21. The van der Waals surface area contributed by atoms with Crippen LogP contribution in [-0.2, 0) is 6.61 Å². The first-order chi connectivity index (χ1) is 17.2. The van der Waals surface area contributed by atoms with E-state index in [4.69, 9.17) is 13.9 Å². The van der Waals surface area contributed by atoms with Crippen molar-refractivity contribution in [1.29, 1.82) is 0 Å². The lowest BCUT2D eigenvalue weighted by atomic mass is 10.2. The standard InChI is InChI=1S/C29H31N3O4/c1-20-9-10-21(2)32(20)23-11-13-24(14-12-23)34-19-26-15-16-27(35-26)28(33)31-30-18-22-7-6-8-25(17-22)36-29(3,4)5/h6-18H,19H2,1-5H3,(H,31,33). The van der Waals surface area contributed by atoms with Crippen LogP contribution in [0.4, 0.5) is 0 Å². The number of aromatic nitrogens is 1. The van der Waals surface area contributed by atoms with Crippen LogP contribution < -0.4 is 14.9 Å². The average Bonchev–Trinajstić information content (AvgIpc) is 3.43. The molecule has 0 aliphatic carbocycles. The maximum absolute atomic E-state index is 12.4. The molecule has 0 aliphatic rings. The van der Waals surface area contributed by atoms with E-state index in [1.165, 1.54) is 11.4 Å². The molecule has 0 saturated carbocycles. The molecule has 0 aliphatic heterocycles. The van der Waals surface area contributed by atoms with Crippen molar-refractivity contribution in [2.75, 3.05) is 0 Å². The van der Waals surface area contributed by atoms with E-state index in [0.29, 0.717) is 11.5 Å². The van der Waals surface area contributed by atoms with E-state index < -0.39 is 5.91 Å². The van der Waals surface area contributed by atoms with Crippen LogP contribution in [0, 0.1) is 13.8 Å². The van der Waals surface area contributed by atoms with Gasteiger partial charge in [0.05, 0.1) is 6.21 Å². The van der Waals surface area contributed by atoms with Gasteiger partial charge in [-0.3, -0.25) is 4.79 Å². The minimum atomic E-state index is -0.443. The number of furan rings is 1. The highest BCUT2D eigenvalue weighted by atomic mass is 16.5. The summed E-state index contributed by atoms with van der Waals surface area (Å²) < 4.78 is 19.5. The van der Waals surface area contributed by atoms with Crippen molar-refractivity contribution in [3.05, 3.63) is 101 Å². The van der Waals surface area contributed by atoms with E-state index in [2.05, 4.69) is 41.1 Å². The van der Waals surface area contributed by atoms with Crippen molar-refractivity contribution in [3.8, 4) is 17.2 Å². The van der Waals surface area contributed by atoms with E-state index in [0.717, 1.165) is 17.0 Å². The molecule has 36 heavy (non-hydrogen) atoms. The van der Waals surface area contributed by atoms with Crippen molar-refractivity contribution >= 4 is 12.1 Å². The molecule has 4 aromatic rings. The Morgan fingerprint density at radius 1 is 0.972 bits per heavy atom. The minimum Gasteiger partial charge on any atom is -0.488 e. The first-order valence-electron chi connectivity index (χ1n) is 11.8. The fourth-order valence-electron chi connectivity index (χ4n) is 3.73. The highest BCUT2D eigenvalue weighted by molar-refractivity contribution is 5.92. The van der Waals surface area contributed by atoms with Crippen LogP contribution in [0.3, 0.4) is 0 Å². The van der Waals surface area contributed by atoms with Crippen LogP contribution in [0.1, 0.15) is 54.0 Å². The molecule has 7 nitrogen and oxygen atoms in total. The first-order valence-corrected chi connectivity index (χ1v) is 11.8. The van der Waals surface area contributed by atoms with Gasteiger partial charge in [0, 0.05) is 17.1 Å². The Morgan fingerprint density at radius 2 is 1.69 bits per heavy atom. The lowest BCUT2D eigenvalue weighted by Gasteiger charge is -2.21. The van der Waals surface area contributed by atoms with Gasteiger partial charge in [0.25, 0.3) is 0 Å². The third-order valence-electron chi connectivity index (χ3n) is 5.29. The monoisotopic (exact) mass is 485 g/mol. The molecule has 0 bridgehead atoms. The highest BCUT2D eigenvalue weighted by Gasteiger charge is 2.13. The second-order valence-electron chi connectivity index (χ2n) is 9.49. The van der Waals surface area contributed by atoms with Crippen LogP contribution in [0.15, 0.2) is 82.3 Å². The molecule has 2 heterocycles. The topological polar surface area (TPSA) is 78.0 Å². The molecule has 0 fully saturated rings. The summed E-state index contributed by atoms with van der Waals surface area (Å²) >= 11 is 0. The lowest BCUT2D eigenvalue weighted by molar-refractivity contribution is 0.0923. The molecular weight excluding hydrogens is 454 g/mol. The third-order valence-corrected chi connectivity index (χ3v) is 5.29. The number of ether oxygens (including phenoxy) is 2. The zero-order valence-corrected chi connectivity index (χ0v) is 21.2. The molecule has 4 rings (SSSR count). The fourth-order valence-corrected chi connectivity index (χ4v) is 3.73. The Hall–Kier alpha value is -4.26. The van der Waals surface area contributed by atoms with Gasteiger partial charge in [-0.15, -0.1) is 0 Å². The molecule has 2 aromatic heterocycles. The van der Waals surface area contributed by atoms with Crippen LogP contribution in [0.2, 0.25) is 0 Å². The van der Waals surface area contributed by atoms with Gasteiger partial charge < -0.3 is 18.5 Å². The van der Waals surface area contributed by atoms with Crippen molar-refractivity contribution in [2.45, 2.75) is 46.8 Å². The zero-order chi connectivity index (χ0) is 25.7. The largest absolute Gasteiger partial charge is 0.488 e. The number of hydrogen-bond acceptors (Lipinski definition) is 5. The van der Waals surface area contributed by atoms with E-state index in [-0.39, 0.29) is 18.0 Å². The zero-order valence-electron chi connectivity index (χ0n) is 21.2. The number of hydrazone groups is 1. The number of nitrogens with zero attached hydrogens (tertiary/aromatic N) is 2. The SMILES string of the molecule is Cc1ccc(C)n1-c1ccc(OCc2ccc(C(=O)NN=Cc3cccc(OC(C)(C)C)c3)o2)cc1. The van der Waals surface area contributed by atoms with Crippen LogP contribution in [0.5, 0.6) is 11.5 Å². The number of carbonyl (C=O) groups is 1. The van der Waals surface area contributed by atoms with Crippen molar-refractivity contribution in [3.63, 3.8) is 0 Å². The Kier molecular flexibility index (Phi) is 7.29. The number of amides is 1. The quantitative estimate of drug-likeness (QED) is 0.238. The van der Waals surface area contributed by atoms with Gasteiger partial charge in [0.2, 0.25) is 0 Å². The molecule has 0 unspecified atom stereocenters. The predicted molar refractivity (Wildman–Crippen MR) is 140 cm³/mol. The average molecular weight is 486 g/mol. The summed E-state index contributed by atoms with van der Waals surface area (Å²) in [4.78, 5) is 12.4. The summed E-state index contributed by atoms with van der Waals surface area (Å²) in [6, 6.07) is 22.9. The maximum Gasteiger partial charge on any atom is 0.307 e. The number of benzene rings is 2. The van der Waals surface area contributed by atoms with Gasteiger partial charge in [-0.1, -0.05) is 12.1 Å². The molecular formula is C29H31N3O4. The molecule has 0 saturated heterocycles. The number of aryl methyl sites for hydroxylation is 2. The smallest absolute Gasteiger partial charge is 0.307 e. The predicted octanol–water partition coefficient (Wildman–Crippen LogP) is 6.21. The van der Waals surface area contributed by atoms with Crippen molar-refractivity contribution < 1.29 is 18.7 Å². The first kappa shape index (κ1) is 24.9. The molecule has 0 atom stereocenters. The summed E-state index contributed by atoms with van der Waals surface area (Å²) in [5, 5.41) is 4.03. The van der Waals surface area contributed by atoms with Gasteiger partial charge in [-0.05, 0) is 101 Å². The molecule has 1 amide bonds. The van der Waals surface area contributed by atoms with Crippen LogP contribution in [-0.4, -0.2) is 22.3 Å². The molecule has 0 spiro atoms. The van der Waals surface area contributed by atoms with Gasteiger partial charge in [-0.25, -0.2) is 5.43 Å². The van der Waals surface area contributed by atoms with E-state index in [9.17, 15) is 4.79 Å². The molecule has 0 radical (unpaired) electrons. The summed E-state index contributed by atoms with van der Waals surface area (Å²) in [5.41, 5.74) is 6.42. The lowest BCUT2D eigenvalue weighted by Crippen LogP contribution is -2.22. The number of nitrogens with one attached hydrogen (secondary N) is 1. The van der Waals surface area contributed by atoms with Gasteiger partial charge in [0.15, 0.2) is 5.76 Å². The summed E-state index contributed by atoms with van der Waals surface area (Å²) in [6.07, 6.45) is 1.56. The summed E-state index contributed by atoms with van der Waals surface area (Å²) in [5.74, 6) is 1.70. The molecule has 7 heteroatoms. The molecule has 1 N–H and O–H groups in total. The van der Waals surface area contributed by atoms with Gasteiger partial charge in [-0.2, -0.15) is 5.10 Å². The normalized spacial score (nSPS) is 11.6. The van der Waals surface area contributed by atoms with Crippen molar-refractivity contribution in [1.82, 2.24) is 9.99 Å². The van der Waals surface area contributed by atoms with Gasteiger partial charge in [0.1, 0.15) is 29.5 Å². The Morgan fingerprint density at radius 3 is 2.39 bits per heavy atom. The second kappa shape index (κ2) is 10.6. The maximum atomic E-state index is 12.4. The van der Waals surface area contributed by atoms with Crippen molar-refractivity contribution in [2.24, 2.45) is 5.10 Å². The van der Waals surface area contributed by atoms with Crippen LogP contribution >= 0.6 is 0 Å². The molecule has 186 valence electrons. The number of rotatable bonds is 8. The Bertz CT molecular complexity index is 1340.